The Balaban J connectivity index is 1.23. The number of piperidine rings is 1. The summed E-state index contributed by atoms with van der Waals surface area (Å²) in [5.74, 6) is 1.26. The van der Waals surface area contributed by atoms with Crippen molar-refractivity contribution in [3.63, 3.8) is 0 Å². The number of halogens is 1. The molecule has 5 heterocycles. The molecule has 7 nitrogen and oxygen atoms in total. The molecule has 6 rings (SSSR count). The van der Waals surface area contributed by atoms with E-state index in [4.69, 9.17) is 27.3 Å². The molecule has 1 aliphatic heterocycles. The number of aromatic nitrogens is 5. The number of anilines is 2. The lowest BCUT2D eigenvalue weighted by Gasteiger charge is -2.39. The van der Waals surface area contributed by atoms with E-state index in [0.29, 0.717) is 16.3 Å². The highest BCUT2D eigenvalue weighted by Crippen LogP contribution is 2.45. The molecule has 2 N–H and O–H groups in total. The highest BCUT2D eigenvalue weighted by atomic mass is 35.5. The summed E-state index contributed by atoms with van der Waals surface area (Å²) in [6.07, 6.45) is 13.9. The number of hydrogen-bond acceptors (Lipinski definition) is 7. The van der Waals surface area contributed by atoms with Crippen molar-refractivity contribution in [2.24, 2.45) is 5.41 Å². The highest BCUT2D eigenvalue weighted by Gasteiger charge is 2.41. The summed E-state index contributed by atoms with van der Waals surface area (Å²) in [7, 11) is 0. The maximum absolute atomic E-state index is 6.35. The Bertz CT molecular complexity index is 1360. The molecule has 4 aromatic heterocycles. The Kier molecular flexibility index (Phi) is 4.96. The molecule has 2 aliphatic rings. The second-order valence-corrected chi connectivity index (χ2v) is 10.6. The lowest BCUT2D eigenvalue weighted by atomic mass is 9.76. The van der Waals surface area contributed by atoms with Gasteiger partial charge < -0.3 is 10.6 Å². The van der Waals surface area contributed by atoms with Crippen molar-refractivity contribution >= 4 is 40.8 Å². The lowest BCUT2D eigenvalue weighted by molar-refractivity contribution is 0.230. The third-order valence-electron chi connectivity index (χ3n) is 6.89. The zero-order chi connectivity index (χ0) is 22.6. The van der Waals surface area contributed by atoms with E-state index in [2.05, 4.69) is 32.3 Å². The average molecular weight is 478 g/mol. The molecule has 1 saturated heterocycles. The molecule has 1 spiro atoms. The van der Waals surface area contributed by atoms with E-state index in [0.717, 1.165) is 60.2 Å². The molecular weight excluding hydrogens is 454 g/mol. The average Bonchev–Trinajstić information content (AvgIpc) is 3.43. The van der Waals surface area contributed by atoms with E-state index in [1.165, 1.54) is 28.6 Å². The van der Waals surface area contributed by atoms with Crippen LogP contribution in [0.1, 0.15) is 29.7 Å². The van der Waals surface area contributed by atoms with Gasteiger partial charge in [-0.1, -0.05) is 29.4 Å². The first-order valence-electron chi connectivity index (χ1n) is 11.1. The number of imidazole rings is 1. The van der Waals surface area contributed by atoms with E-state index in [9.17, 15) is 0 Å². The van der Waals surface area contributed by atoms with Crippen LogP contribution in [0.25, 0.3) is 5.65 Å². The van der Waals surface area contributed by atoms with Crippen LogP contribution in [0.15, 0.2) is 52.9 Å². The monoisotopic (exact) mass is 477 g/mol. The largest absolute Gasteiger partial charge is 0.382 e. The van der Waals surface area contributed by atoms with Crippen molar-refractivity contribution in [3.8, 4) is 0 Å². The van der Waals surface area contributed by atoms with Crippen molar-refractivity contribution in [1.29, 1.82) is 0 Å². The van der Waals surface area contributed by atoms with Gasteiger partial charge in [-0.25, -0.2) is 15.0 Å². The van der Waals surface area contributed by atoms with E-state index < -0.39 is 0 Å². The van der Waals surface area contributed by atoms with Gasteiger partial charge in [0.05, 0.1) is 9.92 Å². The highest BCUT2D eigenvalue weighted by molar-refractivity contribution is 7.99. The minimum Gasteiger partial charge on any atom is -0.382 e. The fourth-order valence-electron chi connectivity index (χ4n) is 5.15. The van der Waals surface area contributed by atoms with E-state index in [1.54, 1.807) is 6.20 Å². The molecule has 4 aromatic rings. The van der Waals surface area contributed by atoms with E-state index in [1.807, 2.05) is 30.9 Å². The van der Waals surface area contributed by atoms with Crippen LogP contribution in [0.5, 0.6) is 0 Å². The van der Waals surface area contributed by atoms with Crippen LogP contribution in [-0.4, -0.2) is 37.4 Å². The molecule has 1 aliphatic carbocycles. The fourth-order valence-corrected chi connectivity index (χ4v) is 6.29. The normalized spacial score (nSPS) is 17.1. The van der Waals surface area contributed by atoms with Gasteiger partial charge in [-0.05, 0) is 55.2 Å². The Morgan fingerprint density at radius 1 is 1.03 bits per heavy atom. The Morgan fingerprint density at radius 3 is 2.73 bits per heavy atom. The molecule has 168 valence electrons. The number of nitrogens with two attached hydrogens (primary N) is 1. The van der Waals surface area contributed by atoms with Gasteiger partial charge >= 0.3 is 0 Å². The molecule has 0 atom stereocenters. The van der Waals surface area contributed by atoms with Gasteiger partial charge in [0.2, 0.25) is 5.95 Å². The second kappa shape index (κ2) is 7.88. The number of fused-ring (bicyclic) bond motifs is 2. The van der Waals surface area contributed by atoms with Crippen molar-refractivity contribution in [1.82, 2.24) is 24.3 Å². The van der Waals surface area contributed by atoms with Crippen molar-refractivity contribution in [2.75, 3.05) is 23.7 Å². The third-order valence-corrected chi connectivity index (χ3v) is 8.46. The first-order chi connectivity index (χ1) is 16.0. The van der Waals surface area contributed by atoms with Gasteiger partial charge in [-0.15, -0.1) is 0 Å². The second-order valence-electron chi connectivity index (χ2n) is 9.11. The summed E-state index contributed by atoms with van der Waals surface area (Å²) < 4.78 is 2.08. The molecule has 0 aromatic carbocycles. The molecule has 0 unspecified atom stereocenters. The first-order valence-corrected chi connectivity index (χ1v) is 12.3. The SMILES string of the molecule is Cc1cnc2c(c1)CC1(CCN(c3ncc(Sc4ccnc(N)c4Cl)c4nccn34)CC1)C2. The van der Waals surface area contributed by atoms with Crippen LogP contribution >= 0.6 is 23.4 Å². The summed E-state index contributed by atoms with van der Waals surface area (Å²) in [4.78, 5) is 22.4. The topological polar surface area (TPSA) is 85.2 Å². The Morgan fingerprint density at radius 2 is 1.88 bits per heavy atom. The third kappa shape index (κ3) is 3.61. The number of nitrogens with zero attached hydrogens (tertiary/aromatic N) is 6. The fraction of sp³-hybridized carbons (Fsp3) is 0.333. The summed E-state index contributed by atoms with van der Waals surface area (Å²) in [6.45, 7) is 4.08. The van der Waals surface area contributed by atoms with Crippen molar-refractivity contribution < 1.29 is 0 Å². The molecule has 33 heavy (non-hydrogen) atoms. The quantitative estimate of drug-likeness (QED) is 0.461. The Labute approximate surface area is 201 Å². The molecule has 1 fully saturated rings. The van der Waals surface area contributed by atoms with Crippen LogP contribution in [0.4, 0.5) is 11.8 Å². The molecule has 0 radical (unpaired) electrons. The van der Waals surface area contributed by atoms with Crippen LogP contribution in [0.2, 0.25) is 5.02 Å². The predicted molar refractivity (Wildman–Crippen MR) is 131 cm³/mol. The van der Waals surface area contributed by atoms with E-state index >= 15 is 0 Å². The predicted octanol–water partition coefficient (Wildman–Crippen LogP) is 4.60. The number of nitrogen functional groups attached to an aromatic ring is 1. The summed E-state index contributed by atoms with van der Waals surface area (Å²) in [5, 5.41) is 0.458. The number of aryl methyl sites for hydroxylation is 1. The minimum atomic E-state index is 0.326. The molecule has 0 saturated carbocycles. The zero-order valence-electron chi connectivity index (χ0n) is 18.3. The molecule has 0 amide bonds. The maximum atomic E-state index is 6.35. The van der Waals surface area contributed by atoms with Crippen molar-refractivity contribution in [3.05, 3.63) is 65.0 Å². The lowest BCUT2D eigenvalue weighted by Crippen LogP contribution is -2.41. The first kappa shape index (κ1) is 20.7. The van der Waals surface area contributed by atoms with Crippen molar-refractivity contribution in [2.45, 2.75) is 42.4 Å². The summed E-state index contributed by atoms with van der Waals surface area (Å²) >= 11 is 7.86. The summed E-state index contributed by atoms with van der Waals surface area (Å²) in [5.41, 5.74) is 11.1. The van der Waals surface area contributed by atoms with Crippen LogP contribution < -0.4 is 10.6 Å². The zero-order valence-corrected chi connectivity index (χ0v) is 19.9. The van der Waals surface area contributed by atoms with Crippen LogP contribution in [0.3, 0.4) is 0 Å². The Hall–Kier alpha value is -2.84. The van der Waals surface area contributed by atoms with Crippen LogP contribution in [-0.2, 0) is 12.8 Å². The smallest absolute Gasteiger partial charge is 0.211 e. The molecule has 9 heteroatoms. The van der Waals surface area contributed by atoms with E-state index in [-0.39, 0.29) is 0 Å². The number of pyridine rings is 2. The van der Waals surface area contributed by atoms with Gasteiger partial charge in [-0.2, -0.15) is 0 Å². The number of rotatable bonds is 3. The van der Waals surface area contributed by atoms with Crippen LogP contribution in [0, 0.1) is 12.3 Å². The van der Waals surface area contributed by atoms with Gasteiger partial charge in [0.1, 0.15) is 5.82 Å². The summed E-state index contributed by atoms with van der Waals surface area (Å²) in [6, 6.07) is 4.18. The molecular formula is C24H24ClN7S. The minimum absolute atomic E-state index is 0.326. The van der Waals surface area contributed by atoms with Gasteiger partial charge in [-0.3, -0.25) is 9.38 Å². The maximum Gasteiger partial charge on any atom is 0.211 e. The molecule has 0 bridgehead atoms. The van der Waals surface area contributed by atoms with Gasteiger partial charge in [0.25, 0.3) is 0 Å². The standard InChI is InChI=1S/C24H24ClN7S/c1-15-10-16-11-24(12-17(16)29-13-15)3-7-31(8-4-24)23-30-14-19(22-28-6-9-32(22)23)33-18-2-5-27-21(26)20(18)25/h2,5-6,9-10,13-14H,3-4,7-8,11-12H2,1H3,(H2,26,27). The number of hydrogen-bond donors (Lipinski definition) is 1. The van der Waals surface area contributed by atoms with Gasteiger partial charge in [0, 0.05) is 54.7 Å². The van der Waals surface area contributed by atoms with Gasteiger partial charge in [0.15, 0.2) is 5.65 Å².